The van der Waals surface area contributed by atoms with Crippen molar-refractivity contribution in [2.45, 2.75) is 47.7 Å². The predicted octanol–water partition coefficient (Wildman–Crippen LogP) is 11.6. The van der Waals surface area contributed by atoms with Crippen molar-refractivity contribution in [3.05, 3.63) is 237 Å². The minimum atomic E-state index is -0.506. The number of hydrogen-bond donors (Lipinski definition) is 6. The Morgan fingerprint density at radius 1 is 0.281 bits per heavy atom. The second-order valence-electron chi connectivity index (χ2n) is 17.6. The van der Waals surface area contributed by atoms with Crippen LogP contribution < -0.4 is 9.47 Å². The zero-order valence-electron chi connectivity index (χ0n) is 34.3. The lowest BCUT2D eigenvalue weighted by molar-refractivity contribution is 0.221. The van der Waals surface area contributed by atoms with E-state index in [0.717, 1.165) is 66.8 Å². The van der Waals surface area contributed by atoms with Crippen LogP contribution in [0.5, 0.6) is 46.0 Å². The van der Waals surface area contributed by atoms with Crippen LogP contribution in [0.25, 0.3) is 0 Å². The van der Waals surface area contributed by atoms with E-state index in [1.807, 2.05) is 72.8 Å². The van der Waals surface area contributed by atoms with Gasteiger partial charge in [0, 0.05) is 46.9 Å². The third-order valence-electron chi connectivity index (χ3n) is 14.2. The molecule has 8 atom stereocenters. The Kier molecular flexibility index (Phi) is 8.50. The SMILES string of the molecule is Oc1ccc([C@@H]2c3ccccc3[C@@H]3c4c(cc(O)cc4[C@H]2[C@@H]2c4cc(O)cc5c4[C@@H](c4ccccc4[C@H]2c2ccc(O)cc2)[C@H](c2ccc(O)cc2)O5)O[C@H]3c2ccc(O)cc2)cc1. The minimum Gasteiger partial charge on any atom is -0.508 e. The maximum absolute atomic E-state index is 11.9. The maximum atomic E-state index is 11.9. The number of hydrogen-bond acceptors (Lipinski definition) is 8. The van der Waals surface area contributed by atoms with Gasteiger partial charge in [-0.25, -0.2) is 0 Å². The normalized spacial score (nSPS) is 23.3. The van der Waals surface area contributed by atoms with Crippen LogP contribution in [0.1, 0.15) is 114 Å². The molecule has 64 heavy (non-hydrogen) atoms. The zero-order valence-corrected chi connectivity index (χ0v) is 34.3. The first-order chi connectivity index (χ1) is 31.2. The van der Waals surface area contributed by atoms with Gasteiger partial charge in [-0.1, -0.05) is 97.1 Å². The van der Waals surface area contributed by atoms with Crippen molar-refractivity contribution in [3.8, 4) is 46.0 Å². The number of ether oxygens (including phenoxy) is 2. The van der Waals surface area contributed by atoms with Crippen LogP contribution in [0.15, 0.2) is 170 Å². The quantitative estimate of drug-likeness (QED) is 0.101. The van der Waals surface area contributed by atoms with Crippen LogP contribution >= 0.6 is 0 Å². The first-order valence-electron chi connectivity index (χ1n) is 21.6. The number of phenolic OH excluding ortho intramolecular Hbond substituents is 6. The number of aromatic hydroxyl groups is 6. The molecular weight excluding hydrogens is 801 g/mol. The molecule has 0 spiro atoms. The largest absolute Gasteiger partial charge is 0.508 e. The van der Waals surface area contributed by atoms with Crippen LogP contribution in [0.3, 0.4) is 0 Å². The number of rotatable bonds is 5. The third-order valence-corrected chi connectivity index (χ3v) is 14.2. The van der Waals surface area contributed by atoms with Crippen LogP contribution in [0, 0.1) is 0 Å². The van der Waals surface area contributed by atoms with E-state index < -0.39 is 35.9 Å². The van der Waals surface area contributed by atoms with E-state index in [0.29, 0.717) is 11.5 Å². The summed E-state index contributed by atoms with van der Waals surface area (Å²) in [6, 6.07) is 53.1. The van der Waals surface area contributed by atoms with Crippen molar-refractivity contribution in [1.29, 1.82) is 0 Å². The lowest BCUT2D eigenvalue weighted by atomic mass is 9.62. The predicted molar refractivity (Wildman–Crippen MR) is 241 cm³/mol. The van der Waals surface area contributed by atoms with Crippen molar-refractivity contribution in [3.63, 3.8) is 0 Å². The van der Waals surface area contributed by atoms with Gasteiger partial charge >= 0.3 is 0 Å². The van der Waals surface area contributed by atoms with Crippen molar-refractivity contribution < 1.29 is 40.1 Å². The van der Waals surface area contributed by atoms with Gasteiger partial charge in [0.05, 0.1) is 11.8 Å². The standard InChI is InChI=1S/C56H42O8/c57-33-17-9-29(10-18-33)47-39-5-1-3-7-41(39)53-49-43(25-37(61)27-45(49)63-55(53)31-13-21-35(59)22-14-31)51(47)52-44-26-38(62)28-46-50(44)54(56(64-46)32-15-23-36(60)24-16-32)42-8-4-2-6-40(42)48(52)30-11-19-34(58)20-12-30/h1-28,47-48,51-62H/t47-,48-,51-,52-,53-,54-,55+,56+/m1/s1. The fraction of sp³-hybridized carbons (Fsp3) is 0.143. The number of phenols is 6. The van der Waals surface area contributed by atoms with Crippen molar-refractivity contribution in [2.24, 2.45) is 0 Å². The molecule has 0 saturated carbocycles. The van der Waals surface area contributed by atoms with Crippen LogP contribution in [0.4, 0.5) is 0 Å². The van der Waals surface area contributed by atoms with Crippen molar-refractivity contribution >= 4 is 0 Å². The molecule has 2 aliphatic heterocycles. The van der Waals surface area contributed by atoms with Crippen molar-refractivity contribution in [2.75, 3.05) is 0 Å². The average Bonchev–Trinajstić information content (AvgIpc) is 3.80. The molecular formula is C56H42O8. The molecule has 0 radical (unpaired) electrons. The molecule has 12 rings (SSSR count). The van der Waals surface area contributed by atoms with E-state index in [-0.39, 0.29) is 46.3 Å². The lowest BCUT2D eigenvalue weighted by Crippen LogP contribution is -2.26. The van der Waals surface area contributed by atoms with E-state index in [9.17, 15) is 30.6 Å². The Labute approximate surface area is 369 Å². The van der Waals surface area contributed by atoms with Gasteiger partial charge in [-0.3, -0.25) is 0 Å². The molecule has 8 aromatic rings. The molecule has 8 nitrogen and oxygen atoms in total. The van der Waals surface area contributed by atoms with E-state index in [2.05, 4.69) is 36.4 Å². The molecule has 0 saturated heterocycles. The van der Waals surface area contributed by atoms with Crippen LogP contribution in [0.2, 0.25) is 0 Å². The molecule has 0 aromatic heterocycles. The number of benzene rings is 8. The summed E-state index contributed by atoms with van der Waals surface area (Å²) in [7, 11) is 0. The monoisotopic (exact) mass is 842 g/mol. The minimum absolute atomic E-state index is 0.0456. The van der Waals surface area contributed by atoms with E-state index in [1.54, 1.807) is 60.7 Å². The summed E-state index contributed by atoms with van der Waals surface area (Å²) in [6.45, 7) is 0. The Bertz CT molecular complexity index is 2890. The molecule has 314 valence electrons. The molecule has 0 unspecified atom stereocenters. The highest BCUT2D eigenvalue weighted by molar-refractivity contribution is 5.68. The average molecular weight is 843 g/mol. The highest BCUT2D eigenvalue weighted by atomic mass is 16.5. The summed E-state index contributed by atoms with van der Waals surface area (Å²) >= 11 is 0. The van der Waals surface area contributed by atoms with E-state index >= 15 is 0 Å². The molecule has 0 amide bonds. The van der Waals surface area contributed by atoms with Gasteiger partial charge in [-0.15, -0.1) is 0 Å². The first-order valence-corrected chi connectivity index (χ1v) is 21.6. The highest BCUT2D eigenvalue weighted by Gasteiger charge is 2.53. The van der Waals surface area contributed by atoms with Gasteiger partial charge in [-0.2, -0.15) is 0 Å². The summed E-state index contributed by atoms with van der Waals surface area (Å²) in [5.74, 6) is -0.620. The molecule has 2 heterocycles. The van der Waals surface area contributed by atoms with Crippen LogP contribution in [-0.2, 0) is 0 Å². The van der Waals surface area contributed by atoms with Gasteiger partial charge in [0.2, 0.25) is 0 Å². The molecule has 4 aliphatic rings. The van der Waals surface area contributed by atoms with Crippen molar-refractivity contribution in [1.82, 2.24) is 0 Å². The molecule has 0 bridgehead atoms. The van der Waals surface area contributed by atoms with Gasteiger partial charge in [0.15, 0.2) is 0 Å². The molecule has 2 aliphatic carbocycles. The summed E-state index contributed by atoms with van der Waals surface area (Å²) in [4.78, 5) is 0. The number of fused-ring (bicyclic) bond motifs is 4. The third kappa shape index (κ3) is 5.82. The molecule has 8 heteroatoms. The summed E-state index contributed by atoms with van der Waals surface area (Å²) in [6.07, 6.45) is -1.01. The molecule has 8 aromatic carbocycles. The Balaban J connectivity index is 1.21. The summed E-state index contributed by atoms with van der Waals surface area (Å²) in [5.41, 5.74) is 11.5. The second-order valence-corrected chi connectivity index (χ2v) is 17.6. The zero-order chi connectivity index (χ0) is 43.4. The molecule has 6 N–H and O–H groups in total. The van der Waals surface area contributed by atoms with Gasteiger partial charge in [0.25, 0.3) is 0 Å². The topological polar surface area (TPSA) is 140 Å². The first kappa shape index (κ1) is 37.9. The van der Waals surface area contributed by atoms with Gasteiger partial charge in [0.1, 0.15) is 58.2 Å². The Hall–Kier alpha value is -7.84. The van der Waals surface area contributed by atoms with E-state index in [4.69, 9.17) is 9.47 Å². The Morgan fingerprint density at radius 2 is 0.578 bits per heavy atom. The second kappa shape index (κ2) is 14.4. The lowest BCUT2D eigenvalue weighted by Gasteiger charge is -2.40. The van der Waals surface area contributed by atoms with E-state index in [1.165, 1.54) is 0 Å². The van der Waals surface area contributed by atoms with Gasteiger partial charge < -0.3 is 40.1 Å². The fourth-order valence-corrected chi connectivity index (χ4v) is 11.7. The Morgan fingerprint density at radius 3 is 0.906 bits per heavy atom. The summed E-state index contributed by atoms with van der Waals surface area (Å²) < 4.78 is 13.9. The van der Waals surface area contributed by atoms with Crippen LogP contribution in [-0.4, -0.2) is 30.6 Å². The van der Waals surface area contributed by atoms with Gasteiger partial charge in [-0.05, 0) is 116 Å². The summed E-state index contributed by atoms with van der Waals surface area (Å²) in [5, 5.41) is 66.1. The fourth-order valence-electron chi connectivity index (χ4n) is 11.7. The smallest absolute Gasteiger partial charge is 0.135 e. The maximum Gasteiger partial charge on any atom is 0.135 e. The highest BCUT2D eigenvalue weighted by Crippen LogP contribution is 2.67. The molecule has 0 fully saturated rings.